The van der Waals surface area contributed by atoms with Crippen LogP contribution in [-0.2, 0) is 4.79 Å². The number of carbonyl (C=O) groups excluding carboxylic acids is 1. The molecule has 0 spiro atoms. The number of primary amides is 1. The molecule has 0 saturated carbocycles. The lowest BCUT2D eigenvalue weighted by Gasteiger charge is -2.11. The predicted octanol–water partition coefficient (Wildman–Crippen LogP) is 3.92. The van der Waals surface area contributed by atoms with E-state index in [1.165, 1.54) is 27.3 Å². The maximum atomic E-state index is 8.58. The number of nitrogens with one attached hydrogen (secondary N) is 1. The van der Waals surface area contributed by atoms with Crippen molar-refractivity contribution in [2.45, 2.75) is 18.7 Å². The van der Waals surface area contributed by atoms with Gasteiger partial charge in [0, 0.05) is 17.1 Å². The van der Waals surface area contributed by atoms with Crippen LogP contribution in [0, 0.1) is 6.92 Å². The Bertz CT molecular complexity index is 568. The molecular weight excluding hydrogens is 280 g/mol. The zero-order chi connectivity index (χ0) is 15.7. The third kappa shape index (κ3) is 4.83. The van der Waals surface area contributed by atoms with Crippen LogP contribution in [0.15, 0.2) is 47.4 Å². The molecule has 2 rings (SSSR count). The minimum Gasteiger partial charge on any atom is -0.385 e. The molecule has 0 saturated heterocycles. The number of aryl methyl sites for hydroxylation is 1. The van der Waals surface area contributed by atoms with Gasteiger partial charge in [-0.3, -0.25) is 4.79 Å². The van der Waals surface area contributed by atoms with Gasteiger partial charge in [0.1, 0.15) is 0 Å². The van der Waals surface area contributed by atoms with Crippen molar-refractivity contribution in [2.24, 2.45) is 5.73 Å². The minimum atomic E-state index is 0.250. The van der Waals surface area contributed by atoms with Crippen LogP contribution < -0.4 is 11.1 Å². The fourth-order valence-electron chi connectivity index (χ4n) is 2.12. The first-order valence-corrected chi connectivity index (χ1v) is 8.03. The highest BCUT2D eigenvalue weighted by atomic mass is 32.2. The molecule has 0 heterocycles. The molecule has 2 aromatic rings. The first-order valence-electron chi connectivity index (χ1n) is 6.81. The Labute approximate surface area is 130 Å². The van der Waals surface area contributed by atoms with E-state index in [0.29, 0.717) is 0 Å². The number of benzene rings is 2. The lowest BCUT2D eigenvalue weighted by Crippen LogP contribution is -1.95. The largest absolute Gasteiger partial charge is 0.385 e. The van der Waals surface area contributed by atoms with Crippen LogP contribution in [0.3, 0.4) is 0 Å². The van der Waals surface area contributed by atoms with Crippen LogP contribution in [0.5, 0.6) is 0 Å². The molecule has 21 heavy (non-hydrogen) atoms. The van der Waals surface area contributed by atoms with Gasteiger partial charge in [0.05, 0.1) is 0 Å². The third-order valence-electron chi connectivity index (χ3n) is 2.99. The zero-order valence-electron chi connectivity index (χ0n) is 12.7. The van der Waals surface area contributed by atoms with E-state index >= 15 is 0 Å². The molecule has 0 radical (unpaired) electrons. The number of nitrogens with two attached hydrogens (primary N) is 1. The van der Waals surface area contributed by atoms with Crippen LogP contribution in [0.2, 0.25) is 0 Å². The van der Waals surface area contributed by atoms with Gasteiger partial charge >= 0.3 is 0 Å². The number of hydrogen-bond donors (Lipinski definition) is 2. The number of hydrogen-bond acceptors (Lipinski definition) is 3. The number of anilines is 1. The van der Waals surface area contributed by atoms with Crippen molar-refractivity contribution in [1.29, 1.82) is 0 Å². The fourth-order valence-corrected chi connectivity index (χ4v) is 2.92. The second kappa shape index (κ2) is 9.08. The number of thioether (sulfide) groups is 1. The molecule has 0 bridgehead atoms. The van der Waals surface area contributed by atoms with Crippen molar-refractivity contribution in [3.8, 4) is 11.1 Å². The smallest absolute Gasteiger partial charge is 0.204 e. The molecule has 3 nitrogen and oxygen atoms in total. The molecule has 0 aliphatic rings. The predicted molar refractivity (Wildman–Crippen MR) is 92.8 cm³/mol. The molecule has 1 amide bonds. The van der Waals surface area contributed by atoms with Gasteiger partial charge in [-0.05, 0) is 48.9 Å². The van der Waals surface area contributed by atoms with E-state index < -0.39 is 0 Å². The van der Waals surface area contributed by atoms with Gasteiger partial charge in [0.2, 0.25) is 6.41 Å². The molecule has 4 heteroatoms. The van der Waals surface area contributed by atoms with Crippen molar-refractivity contribution < 1.29 is 4.79 Å². The molecule has 0 aliphatic heterocycles. The Morgan fingerprint density at radius 2 is 1.81 bits per heavy atom. The van der Waals surface area contributed by atoms with Crippen molar-refractivity contribution in [3.63, 3.8) is 0 Å². The molecule has 3 N–H and O–H groups in total. The summed E-state index contributed by atoms with van der Waals surface area (Å²) in [7, 11) is 0. The number of rotatable bonds is 4. The Balaban J connectivity index is 0.000000677. The van der Waals surface area contributed by atoms with E-state index in [1.807, 2.05) is 11.8 Å². The monoisotopic (exact) mass is 302 g/mol. The maximum Gasteiger partial charge on any atom is 0.204 e. The van der Waals surface area contributed by atoms with Crippen molar-refractivity contribution >= 4 is 23.9 Å². The van der Waals surface area contributed by atoms with Crippen LogP contribution in [0.25, 0.3) is 11.1 Å². The summed E-state index contributed by atoms with van der Waals surface area (Å²) < 4.78 is 0. The summed E-state index contributed by atoms with van der Waals surface area (Å²) in [5.74, 6) is 0. The second-order valence-electron chi connectivity index (χ2n) is 4.40. The molecule has 0 aliphatic carbocycles. The van der Waals surface area contributed by atoms with Gasteiger partial charge in [-0.25, -0.2) is 0 Å². The molecule has 0 atom stereocenters. The van der Waals surface area contributed by atoms with Crippen LogP contribution in [-0.4, -0.2) is 19.2 Å². The maximum absolute atomic E-state index is 8.58. The Hall–Kier alpha value is -1.94. The average Bonchev–Trinajstić information content (AvgIpc) is 2.49. The van der Waals surface area contributed by atoms with Crippen molar-refractivity contribution in [3.05, 3.63) is 48.0 Å². The Kier molecular flexibility index (Phi) is 7.40. The highest BCUT2D eigenvalue weighted by Gasteiger charge is 2.06. The lowest BCUT2D eigenvalue weighted by atomic mass is 10.0. The van der Waals surface area contributed by atoms with Crippen molar-refractivity contribution in [2.75, 3.05) is 18.1 Å². The van der Waals surface area contributed by atoms with Crippen LogP contribution in [0.1, 0.15) is 12.5 Å². The van der Waals surface area contributed by atoms with Crippen molar-refractivity contribution in [1.82, 2.24) is 0 Å². The van der Waals surface area contributed by atoms with E-state index in [1.54, 1.807) is 0 Å². The summed E-state index contributed by atoms with van der Waals surface area (Å²) >= 11 is 1.82. The number of amides is 1. The highest BCUT2D eigenvalue weighted by Crippen LogP contribution is 2.33. The molecule has 0 aromatic heterocycles. The van der Waals surface area contributed by atoms with E-state index in [0.717, 1.165) is 6.54 Å². The first-order chi connectivity index (χ1) is 10.2. The van der Waals surface area contributed by atoms with E-state index in [-0.39, 0.29) is 6.41 Å². The van der Waals surface area contributed by atoms with Gasteiger partial charge in [-0.2, -0.15) is 0 Å². The lowest BCUT2D eigenvalue weighted by molar-refractivity contribution is -0.106. The third-order valence-corrected chi connectivity index (χ3v) is 3.94. The summed E-state index contributed by atoms with van der Waals surface area (Å²) in [5.41, 5.74) is 9.30. The van der Waals surface area contributed by atoms with Gasteiger partial charge in [-0.15, -0.1) is 11.8 Å². The standard InChI is InChI=1S/C16H19NS.CH3NO/c1-4-17-14-10-8-13(9-11-14)15-7-5-6-12(2)16(15)18-3;2-1-3/h5-11,17H,4H2,1-3H3;1H,(H2,2,3). The summed E-state index contributed by atoms with van der Waals surface area (Å²) in [5, 5.41) is 3.32. The summed E-state index contributed by atoms with van der Waals surface area (Å²) in [6.07, 6.45) is 2.39. The quantitative estimate of drug-likeness (QED) is 0.665. The van der Waals surface area contributed by atoms with E-state index in [4.69, 9.17) is 4.79 Å². The zero-order valence-corrected chi connectivity index (χ0v) is 13.5. The Morgan fingerprint density at radius 3 is 2.33 bits per heavy atom. The van der Waals surface area contributed by atoms with Gasteiger partial charge < -0.3 is 11.1 Å². The SMILES string of the molecule is CCNc1ccc(-c2cccc(C)c2SC)cc1.NC=O. The Morgan fingerprint density at radius 1 is 1.19 bits per heavy atom. The van der Waals surface area contributed by atoms with Crippen LogP contribution in [0.4, 0.5) is 5.69 Å². The molecule has 2 aromatic carbocycles. The second-order valence-corrected chi connectivity index (χ2v) is 5.22. The normalized spacial score (nSPS) is 9.48. The van der Waals surface area contributed by atoms with Gasteiger partial charge in [0.15, 0.2) is 0 Å². The molecular formula is C17H22N2OS. The topological polar surface area (TPSA) is 55.1 Å². The average molecular weight is 302 g/mol. The highest BCUT2D eigenvalue weighted by molar-refractivity contribution is 7.98. The van der Waals surface area contributed by atoms with Gasteiger partial charge in [-0.1, -0.05) is 30.3 Å². The summed E-state index contributed by atoms with van der Waals surface area (Å²) in [4.78, 5) is 9.95. The van der Waals surface area contributed by atoms with E-state index in [9.17, 15) is 0 Å². The minimum absolute atomic E-state index is 0.250. The fraction of sp³-hybridized carbons (Fsp3) is 0.235. The van der Waals surface area contributed by atoms with E-state index in [2.05, 4.69) is 73.6 Å². The summed E-state index contributed by atoms with van der Waals surface area (Å²) in [6.45, 7) is 5.24. The first kappa shape index (κ1) is 17.1. The number of carbonyl (C=O) groups is 1. The molecule has 0 fully saturated rings. The molecule has 0 unspecified atom stereocenters. The van der Waals surface area contributed by atoms with Crippen LogP contribution >= 0.6 is 11.8 Å². The summed E-state index contributed by atoms with van der Waals surface area (Å²) in [6, 6.07) is 15.2. The van der Waals surface area contributed by atoms with Gasteiger partial charge in [0.25, 0.3) is 0 Å². The molecule has 112 valence electrons.